The van der Waals surface area contributed by atoms with Gasteiger partial charge in [0.15, 0.2) is 0 Å². The van der Waals surface area contributed by atoms with Crippen LogP contribution in [0.3, 0.4) is 0 Å². The molecular formula is C15H27NO3. The average Bonchev–Trinajstić information content (AvgIpc) is 2.54. The maximum atomic E-state index is 12.4. The second kappa shape index (κ2) is 4.50. The Morgan fingerprint density at radius 1 is 1.21 bits per heavy atom. The minimum absolute atomic E-state index is 0.0209. The Bertz CT molecular complexity index is 384. The molecule has 1 saturated carbocycles. The van der Waals surface area contributed by atoms with E-state index < -0.39 is 11.5 Å². The first-order valence-corrected chi connectivity index (χ1v) is 6.90. The van der Waals surface area contributed by atoms with E-state index in [2.05, 4.69) is 33.0 Å². The summed E-state index contributed by atoms with van der Waals surface area (Å²) in [6.07, 6.45) is -0.0516. The summed E-state index contributed by atoms with van der Waals surface area (Å²) in [5.41, 5.74) is -0.756. The van der Waals surface area contributed by atoms with Crippen LogP contribution in [0.1, 0.15) is 54.9 Å². The fourth-order valence-electron chi connectivity index (χ4n) is 2.91. The highest BCUT2D eigenvalue weighted by atomic mass is 16.4. The van der Waals surface area contributed by atoms with Gasteiger partial charge in [0.05, 0.1) is 6.42 Å². The van der Waals surface area contributed by atoms with E-state index in [-0.39, 0.29) is 35.0 Å². The third-order valence-corrected chi connectivity index (χ3v) is 5.48. The van der Waals surface area contributed by atoms with E-state index >= 15 is 0 Å². The third kappa shape index (κ3) is 2.63. The Morgan fingerprint density at radius 3 is 1.89 bits per heavy atom. The molecule has 1 atom stereocenters. The minimum atomic E-state index is -0.884. The molecular weight excluding hydrogens is 242 g/mol. The van der Waals surface area contributed by atoms with Crippen molar-refractivity contribution in [3.8, 4) is 0 Å². The van der Waals surface area contributed by atoms with Crippen molar-refractivity contribution in [1.29, 1.82) is 0 Å². The Morgan fingerprint density at radius 2 is 1.63 bits per heavy atom. The second-order valence-corrected chi connectivity index (χ2v) is 7.51. The van der Waals surface area contributed by atoms with Gasteiger partial charge in [-0.15, -0.1) is 0 Å². The van der Waals surface area contributed by atoms with E-state index in [1.54, 1.807) is 0 Å². The van der Waals surface area contributed by atoms with Crippen molar-refractivity contribution in [2.75, 3.05) is 0 Å². The number of hydrogen-bond acceptors (Lipinski definition) is 2. The summed E-state index contributed by atoms with van der Waals surface area (Å²) in [6, 6.07) is 0. The molecule has 110 valence electrons. The van der Waals surface area contributed by atoms with Gasteiger partial charge in [-0.25, -0.2) is 0 Å². The zero-order valence-corrected chi connectivity index (χ0v) is 13.1. The number of rotatable bonds is 5. The molecule has 1 amide bonds. The predicted octanol–water partition coefficient (Wildman–Crippen LogP) is 2.67. The Balaban J connectivity index is 2.83. The van der Waals surface area contributed by atoms with Gasteiger partial charge in [0.2, 0.25) is 5.91 Å². The molecule has 0 aromatic carbocycles. The van der Waals surface area contributed by atoms with Gasteiger partial charge < -0.3 is 10.4 Å². The summed E-state index contributed by atoms with van der Waals surface area (Å²) in [7, 11) is 0. The maximum absolute atomic E-state index is 12.4. The highest BCUT2D eigenvalue weighted by Crippen LogP contribution is 2.68. The van der Waals surface area contributed by atoms with Crippen molar-refractivity contribution in [2.24, 2.45) is 22.7 Å². The van der Waals surface area contributed by atoms with Gasteiger partial charge in [-0.1, -0.05) is 41.5 Å². The summed E-state index contributed by atoms with van der Waals surface area (Å²) in [6.45, 7) is 14.0. The molecule has 4 heteroatoms. The van der Waals surface area contributed by atoms with Gasteiger partial charge in [0, 0.05) is 11.5 Å². The molecule has 0 spiro atoms. The van der Waals surface area contributed by atoms with Crippen LogP contribution in [0.15, 0.2) is 0 Å². The first-order valence-electron chi connectivity index (χ1n) is 6.90. The number of amides is 1. The van der Waals surface area contributed by atoms with E-state index in [4.69, 9.17) is 5.11 Å². The molecule has 1 rings (SSSR count). The van der Waals surface area contributed by atoms with Crippen LogP contribution in [0.25, 0.3) is 0 Å². The fourth-order valence-corrected chi connectivity index (χ4v) is 2.91. The summed E-state index contributed by atoms with van der Waals surface area (Å²) in [5, 5.41) is 12.0. The molecule has 1 aliphatic carbocycles. The molecule has 0 aromatic rings. The quantitative estimate of drug-likeness (QED) is 0.806. The number of carboxylic acid groups (broad SMARTS) is 1. The number of nitrogens with one attached hydrogen (secondary N) is 1. The molecule has 1 fully saturated rings. The Kier molecular flexibility index (Phi) is 3.79. The standard InChI is InChI=1S/C15H27NO3/c1-9(2)15(7,8-10(17)18)16-12(19)11-13(3,4)14(11,5)6/h9,11H,8H2,1-7H3,(H,16,19)(H,17,18). The van der Waals surface area contributed by atoms with Crippen molar-refractivity contribution in [3.05, 3.63) is 0 Å². The van der Waals surface area contributed by atoms with E-state index in [1.165, 1.54) is 0 Å². The predicted molar refractivity (Wildman–Crippen MR) is 74.7 cm³/mol. The SMILES string of the molecule is CC(C)C(C)(CC(=O)O)NC(=O)C1C(C)(C)C1(C)C. The number of carboxylic acids is 1. The van der Waals surface area contributed by atoms with Crippen molar-refractivity contribution in [3.63, 3.8) is 0 Å². The molecule has 0 aliphatic heterocycles. The van der Waals surface area contributed by atoms with Crippen LogP contribution >= 0.6 is 0 Å². The first kappa shape index (κ1) is 16.0. The van der Waals surface area contributed by atoms with Crippen molar-refractivity contribution in [2.45, 2.75) is 60.4 Å². The van der Waals surface area contributed by atoms with Gasteiger partial charge >= 0.3 is 5.97 Å². The van der Waals surface area contributed by atoms with Crippen LogP contribution in [0.4, 0.5) is 0 Å². The van der Waals surface area contributed by atoms with Crippen LogP contribution in [-0.2, 0) is 9.59 Å². The third-order valence-electron chi connectivity index (χ3n) is 5.48. The minimum Gasteiger partial charge on any atom is -0.481 e. The summed E-state index contributed by atoms with van der Waals surface area (Å²) in [4.78, 5) is 23.4. The molecule has 0 radical (unpaired) electrons. The number of aliphatic carboxylic acids is 1. The highest BCUT2D eigenvalue weighted by Gasteiger charge is 2.68. The van der Waals surface area contributed by atoms with E-state index in [0.717, 1.165) is 0 Å². The van der Waals surface area contributed by atoms with Gasteiger partial charge in [-0.2, -0.15) is 0 Å². The lowest BCUT2D eigenvalue weighted by Gasteiger charge is -2.34. The molecule has 0 aromatic heterocycles. The van der Waals surface area contributed by atoms with Crippen molar-refractivity contribution < 1.29 is 14.7 Å². The van der Waals surface area contributed by atoms with E-state index in [1.807, 2.05) is 20.8 Å². The smallest absolute Gasteiger partial charge is 0.305 e. The first-order chi connectivity index (χ1) is 8.36. The van der Waals surface area contributed by atoms with Crippen LogP contribution in [0, 0.1) is 22.7 Å². The lowest BCUT2D eigenvalue weighted by Crippen LogP contribution is -2.52. The Hall–Kier alpha value is -1.06. The van der Waals surface area contributed by atoms with Gasteiger partial charge in [0.1, 0.15) is 0 Å². The van der Waals surface area contributed by atoms with Crippen LogP contribution in [0.5, 0.6) is 0 Å². The van der Waals surface area contributed by atoms with Crippen molar-refractivity contribution in [1.82, 2.24) is 5.32 Å². The van der Waals surface area contributed by atoms with Gasteiger partial charge in [-0.05, 0) is 23.7 Å². The summed E-state index contributed by atoms with van der Waals surface area (Å²) in [5.74, 6) is -0.886. The van der Waals surface area contributed by atoms with Crippen LogP contribution < -0.4 is 5.32 Å². The topological polar surface area (TPSA) is 66.4 Å². The molecule has 1 aliphatic rings. The molecule has 4 nitrogen and oxygen atoms in total. The fraction of sp³-hybridized carbons (Fsp3) is 0.867. The summed E-state index contributed by atoms with van der Waals surface area (Å²) >= 11 is 0. The zero-order chi connectivity index (χ0) is 15.2. The molecule has 2 N–H and O–H groups in total. The molecule has 0 bridgehead atoms. The zero-order valence-electron chi connectivity index (χ0n) is 13.1. The molecule has 0 saturated heterocycles. The lowest BCUT2D eigenvalue weighted by molar-refractivity contribution is -0.139. The van der Waals surface area contributed by atoms with Crippen molar-refractivity contribution >= 4 is 11.9 Å². The molecule has 19 heavy (non-hydrogen) atoms. The highest BCUT2D eigenvalue weighted by molar-refractivity contribution is 5.85. The lowest BCUT2D eigenvalue weighted by atomic mass is 9.85. The monoisotopic (exact) mass is 269 g/mol. The molecule has 0 heterocycles. The number of carbonyl (C=O) groups is 2. The normalized spacial score (nSPS) is 23.8. The number of carbonyl (C=O) groups excluding carboxylic acids is 1. The largest absolute Gasteiger partial charge is 0.481 e. The molecule has 1 unspecified atom stereocenters. The number of hydrogen-bond donors (Lipinski definition) is 2. The van der Waals surface area contributed by atoms with E-state index in [9.17, 15) is 9.59 Å². The van der Waals surface area contributed by atoms with E-state index in [0.29, 0.717) is 0 Å². The summed E-state index contributed by atoms with van der Waals surface area (Å²) < 4.78 is 0. The Labute approximate surface area is 116 Å². The van der Waals surface area contributed by atoms with Gasteiger partial charge in [-0.3, -0.25) is 9.59 Å². The van der Waals surface area contributed by atoms with Gasteiger partial charge in [0.25, 0.3) is 0 Å². The maximum Gasteiger partial charge on any atom is 0.305 e. The second-order valence-electron chi connectivity index (χ2n) is 7.51. The van der Waals surface area contributed by atoms with Crippen LogP contribution in [-0.4, -0.2) is 22.5 Å². The van der Waals surface area contributed by atoms with Crippen LogP contribution in [0.2, 0.25) is 0 Å². The average molecular weight is 269 g/mol.